The zero-order chi connectivity index (χ0) is 22.0. The van der Waals surface area contributed by atoms with Crippen LogP contribution >= 0.6 is 11.6 Å². The molecule has 0 saturated carbocycles. The molecule has 7 nitrogen and oxygen atoms in total. The average Bonchev–Trinajstić information content (AvgIpc) is 3.36. The summed E-state index contributed by atoms with van der Waals surface area (Å²) >= 11 is 6.16. The summed E-state index contributed by atoms with van der Waals surface area (Å²) in [5.41, 5.74) is 2.53. The van der Waals surface area contributed by atoms with Gasteiger partial charge in [0.25, 0.3) is 5.91 Å². The highest BCUT2D eigenvalue weighted by Gasteiger charge is 2.32. The Morgan fingerprint density at radius 2 is 1.97 bits per heavy atom. The summed E-state index contributed by atoms with van der Waals surface area (Å²) in [6, 6.07) is 16.0. The van der Waals surface area contributed by atoms with Crippen molar-refractivity contribution >= 4 is 27.3 Å². The molecule has 1 aliphatic rings. The number of hydrogen-bond acceptors (Lipinski definition) is 5. The van der Waals surface area contributed by atoms with Crippen LogP contribution in [0.4, 0.5) is 0 Å². The van der Waals surface area contributed by atoms with Crippen LogP contribution in [0.3, 0.4) is 0 Å². The largest absolute Gasteiger partial charge is 0.497 e. The Morgan fingerprint density at radius 3 is 2.61 bits per heavy atom. The van der Waals surface area contributed by atoms with Crippen molar-refractivity contribution < 1.29 is 17.9 Å². The highest BCUT2D eigenvalue weighted by molar-refractivity contribution is 7.91. The molecule has 9 heteroatoms. The number of nitrogens with zero attached hydrogens (tertiary/aromatic N) is 2. The highest BCUT2D eigenvalue weighted by Crippen LogP contribution is 2.31. The quantitative estimate of drug-likeness (QED) is 0.609. The second kappa shape index (κ2) is 8.72. The topological polar surface area (TPSA) is 90.3 Å². The number of methoxy groups -OCH3 is 1. The first-order chi connectivity index (χ1) is 14.9. The zero-order valence-electron chi connectivity index (χ0n) is 16.9. The Hall–Kier alpha value is -2.84. The number of hydrogen-bond donors (Lipinski definition) is 1. The molecule has 1 aliphatic heterocycles. The number of ether oxygens (including phenoxy) is 1. The summed E-state index contributed by atoms with van der Waals surface area (Å²) < 4.78 is 30.9. The van der Waals surface area contributed by atoms with Gasteiger partial charge in [0.2, 0.25) is 0 Å². The number of rotatable bonds is 6. The molecule has 1 atom stereocenters. The van der Waals surface area contributed by atoms with Crippen molar-refractivity contribution in [3.05, 3.63) is 70.9 Å². The maximum Gasteiger partial charge on any atom is 0.272 e. The van der Waals surface area contributed by atoms with E-state index in [4.69, 9.17) is 16.3 Å². The first-order valence-corrected chi connectivity index (χ1v) is 12.0. The van der Waals surface area contributed by atoms with Crippen LogP contribution in [0.15, 0.2) is 54.6 Å². The number of nitrogens with one attached hydrogen (secondary N) is 1. The average molecular weight is 460 g/mol. The molecule has 0 spiro atoms. The van der Waals surface area contributed by atoms with Gasteiger partial charge in [0.1, 0.15) is 5.75 Å². The highest BCUT2D eigenvalue weighted by atomic mass is 35.5. The van der Waals surface area contributed by atoms with E-state index < -0.39 is 9.84 Å². The second-order valence-corrected chi connectivity index (χ2v) is 10.1. The molecule has 1 amide bonds. The molecule has 2 heterocycles. The van der Waals surface area contributed by atoms with Crippen LogP contribution in [-0.2, 0) is 16.4 Å². The minimum Gasteiger partial charge on any atom is -0.497 e. The lowest BCUT2D eigenvalue weighted by atomic mass is 10.1. The zero-order valence-corrected chi connectivity index (χ0v) is 18.5. The molecule has 3 aromatic rings. The summed E-state index contributed by atoms with van der Waals surface area (Å²) in [6.45, 7) is 0.265. The van der Waals surface area contributed by atoms with Gasteiger partial charge in [0, 0.05) is 17.1 Å². The number of aromatic nitrogens is 2. The standard InChI is InChI=1S/C22H22ClN3O4S/c1-30-18-8-6-15(7-9-18)21-12-20(25-26(21)17-10-11-31(28,29)14-17)22(27)24-13-16-4-2-3-5-19(16)23/h2-9,12,17H,10-11,13-14H2,1H3,(H,24,27)/t17-/m1/s1. The lowest BCUT2D eigenvalue weighted by Crippen LogP contribution is -2.24. The predicted molar refractivity (Wildman–Crippen MR) is 119 cm³/mol. The molecular formula is C22H22ClN3O4S. The van der Waals surface area contributed by atoms with E-state index in [0.29, 0.717) is 22.9 Å². The lowest BCUT2D eigenvalue weighted by molar-refractivity contribution is 0.0945. The fraction of sp³-hybridized carbons (Fsp3) is 0.273. The molecule has 1 N–H and O–H groups in total. The molecule has 0 radical (unpaired) electrons. The first-order valence-electron chi connectivity index (χ1n) is 9.82. The van der Waals surface area contributed by atoms with Gasteiger partial charge in [-0.3, -0.25) is 9.48 Å². The summed E-state index contributed by atoms with van der Waals surface area (Å²) in [6.07, 6.45) is 0.466. The van der Waals surface area contributed by atoms with Crippen LogP contribution in [-0.4, -0.2) is 42.7 Å². The molecule has 4 rings (SSSR count). The van der Waals surface area contributed by atoms with Crippen LogP contribution in [0.25, 0.3) is 11.3 Å². The molecule has 1 saturated heterocycles. The summed E-state index contributed by atoms with van der Waals surface area (Å²) in [5.74, 6) is 0.483. The first kappa shape index (κ1) is 21.4. The monoisotopic (exact) mass is 459 g/mol. The number of benzene rings is 2. The molecule has 162 valence electrons. The Morgan fingerprint density at radius 1 is 1.23 bits per heavy atom. The molecule has 1 aromatic heterocycles. The molecule has 2 aromatic carbocycles. The Bertz CT molecular complexity index is 1210. The van der Waals surface area contributed by atoms with Gasteiger partial charge in [-0.25, -0.2) is 8.42 Å². The number of carbonyl (C=O) groups excluding carboxylic acids is 1. The maximum atomic E-state index is 12.8. The van der Waals surface area contributed by atoms with Crippen molar-refractivity contribution in [1.82, 2.24) is 15.1 Å². The summed E-state index contributed by atoms with van der Waals surface area (Å²) in [4.78, 5) is 12.8. The van der Waals surface area contributed by atoms with Crippen molar-refractivity contribution in [2.75, 3.05) is 18.6 Å². The van der Waals surface area contributed by atoms with Gasteiger partial charge in [-0.2, -0.15) is 5.10 Å². The number of carbonyl (C=O) groups is 1. The number of halogens is 1. The van der Waals surface area contributed by atoms with Gasteiger partial charge in [-0.05, 0) is 48.4 Å². The molecule has 0 bridgehead atoms. The van der Waals surface area contributed by atoms with Crippen molar-refractivity contribution in [2.45, 2.75) is 19.0 Å². The van der Waals surface area contributed by atoms with Gasteiger partial charge in [0.05, 0.1) is 30.4 Å². The van der Waals surface area contributed by atoms with Crippen molar-refractivity contribution in [3.63, 3.8) is 0 Å². The minimum atomic E-state index is -3.11. The fourth-order valence-electron chi connectivity index (χ4n) is 3.64. The van der Waals surface area contributed by atoms with Gasteiger partial charge >= 0.3 is 0 Å². The third kappa shape index (κ3) is 4.75. The second-order valence-electron chi connectivity index (χ2n) is 7.42. The van der Waals surface area contributed by atoms with E-state index in [2.05, 4.69) is 10.4 Å². The van der Waals surface area contributed by atoms with Crippen LogP contribution in [0.1, 0.15) is 28.5 Å². The van der Waals surface area contributed by atoms with E-state index in [1.807, 2.05) is 42.5 Å². The van der Waals surface area contributed by atoms with E-state index in [9.17, 15) is 13.2 Å². The third-order valence-electron chi connectivity index (χ3n) is 5.31. The molecule has 31 heavy (non-hydrogen) atoms. The normalized spacial score (nSPS) is 17.4. The van der Waals surface area contributed by atoms with E-state index in [0.717, 1.165) is 11.1 Å². The van der Waals surface area contributed by atoms with Crippen molar-refractivity contribution in [2.24, 2.45) is 0 Å². The van der Waals surface area contributed by atoms with E-state index >= 15 is 0 Å². The smallest absolute Gasteiger partial charge is 0.272 e. The summed E-state index contributed by atoms with van der Waals surface area (Å²) in [7, 11) is -1.52. The van der Waals surface area contributed by atoms with E-state index in [1.165, 1.54) is 0 Å². The van der Waals surface area contributed by atoms with Gasteiger partial charge in [-0.15, -0.1) is 0 Å². The Balaban J connectivity index is 1.63. The lowest BCUT2D eigenvalue weighted by Gasteiger charge is -2.13. The fourth-order valence-corrected chi connectivity index (χ4v) is 5.53. The Labute approximate surface area is 185 Å². The third-order valence-corrected chi connectivity index (χ3v) is 7.42. The summed E-state index contributed by atoms with van der Waals surface area (Å²) in [5, 5.41) is 7.90. The SMILES string of the molecule is COc1ccc(-c2cc(C(=O)NCc3ccccc3Cl)nn2[C@@H]2CCS(=O)(=O)C2)cc1. The van der Waals surface area contributed by atoms with E-state index in [-0.39, 0.29) is 35.7 Å². The van der Waals surface area contributed by atoms with Crippen LogP contribution in [0.2, 0.25) is 5.02 Å². The Kier molecular flexibility index (Phi) is 6.02. The maximum absolute atomic E-state index is 12.8. The van der Waals surface area contributed by atoms with Crippen LogP contribution < -0.4 is 10.1 Å². The molecule has 1 fully saturated rings. The molecular weight excluding hydrogens is 438 g/mol. The minimum absolute atomic E-state index is 0.0124. The van der Waals surface area contributed by atoms with Crippen LogP contribution in [0, 0.1) is 0 Å². The molecule has 0 aliphatic carbocycles. The molecule has 0 unspecified atom stereocenters. The predicted octanol–water partition coefficient (Wildman–Crippen LogP) is 3.50. The van der Waals surface area contributed by atoms with Gasteiger partial charge < -0.3 is 10.1 Å². The number of sulfone groups is 1. The van der Waals surface area contributed by atoms with E-state index in [1.54, 1.807) is 23.9 Å². The van der Waals surface area contributed by atoms with Crippen molar-refractivity contribution in [3.8, 4) is 17.0 Å². The van der Waals surface area contributed by atoms with Gasteiger partial charge in [0.15, 0.2) is 15.5 Å². The van der Waals surface area contributed by atoms with Crippen LogP contribution in [0.5, 0.6) is 5.75 Å². The van der Waals surface area contributed by atoms with Crippen molar-refractivity contribution in [1.29, 1.82) is 0 Å². The van der Waals surface area contributed by atoms with Gasteiger partial charge in [-0.1, -0.05) is 29.8 Å². The number of amides is 1.